The average Bonchev–Trinajstić information content (AvgIpc) is 4.00. The monoisotopic (exact) mass is 778 g/mol. The second kappa shape index (κ2) is 17.6. The Hall–Kier alpha value is -6.73. The number of nitrogen functional groups attached to an aromatic ring is 1. The molecule has 0 aliphatic carbocycles. The van der Waals surface area contributed by atoms with Crippen LogP contribution in [0.2, 0.25) is 0 Å². The molecule has 0 bridgehead atoms. The molecule has 9 rings (SSSR count). The molecule has 2 aromatic carbocycles. The minimum absolute atomic E-state index is 0.142. The van der Waals surface area contributed by atoms with E-state index in [1.165, 1.54) is 0 Å². The lowest BCUT2D eigenvalue weighted by molar-refractivity contribution is 0.0322. The van der Waals surface area contributed by atoms with Gasteiger partial charge in [0.15, 0.2) is 0 Å². The SMILES string of the molecule is N#Cc1cnc2[nH]cc(N)c2c1N1CCC[C@@H](N)C1.O=C(Nc1c[nH]c2ncc(-c3cccc(OCCN4CCOCC4)c3)cc12)c1cnn(Cc2ccccc2)c1. The summed E-state index contributed by atoms with van der Waals surface area (Å²) in [7, 11) is 0. The predicted molar refractivity (Wildman–Crippen MR) is 225 cm³/mol. The van der Waals surface area contributed by atoms with E-state index in [0.717, 1.165) is 97.7 Å². The molecule has 2 aliphatic rings. The minimum atomic E-state index is -0.226. The van der Waals surface area contributed by atoms with Gasteiger partial charge in [0.1, 0.15) is 29.7 Å². The quantitative estimate of drug-likeness (QED) is 0.119. The number of anilines is 3. The molecule has 2 fully saturated rings. The van der Waals surface area contributed by atoms with Crippen LogP contribution in [0.3, 0.4) is 0 Å². The second-order valence-corrected chi connectivity index (χ2v) is 14.5. The van der Waals surface area contributed by atoms with Crippen molar-refractivity contribution in [1.82, 2.24) is 34.6 Å². The summed E-state index contributed by atoms with van der Waals surface area (Å²) in [6.45, 7) is 7.19. The zero-order chi connectivity index (χ0) is 39.8. The summed E-state index contributed by atoms with van der Waals surface area (Å²) in [4.78, 5) is 32.5. The van der Waals surface area contributed by atoms with Gasteiger partial charge in [0.05, 0.1) is 59.5 Å². The molecule has 7 heterocycles. The zero-order valence-corrected chi connectivity index (χ0v) is 32.1. The van der Waals surface area contributed by atoms with Crippen molar-refractivity contribution >= 4 is 45.0 Å². The van der Waals surface area contributed by atoms with Crippen molar-refractivity contribution in [3.63, 3.8) is 0 Å². The highest BCUT2D eigenvalue weighted by Crippen LogP contribution is 2.35. The van der Waals surface area contributed by atoms with Gasteiger partial charge in [-0.3, -0.25) is 14.4 Å². The number of ether oxygens (including phenoxy) is 2. The molecule has 0 spiro atoms. The van der Waals surface area contributed by atoms with Gasteiger partial charge < -0.3 is 41.1 Å². The van der Waals surface area contributed by atoms with E-state index in [4.69, 9.17) is 20.9 Å². The first-order valence-electron chi connectivity index (χ1n) is 19.5. The predicted octanol–water partition coefficient (Wildman–Crippen LogP) is 5.38. The van der Waals surface area contributed by atoms with Gasteiger partial charge in [0, 0.05) is 80.7 Å². The van der Waals surface area contributed by atoms with Crippen LogP contribution in [0.25, 0.3) is 33.2 Å². The Labute approximate surface area is 335 Å². The van der Waals surface area contributed by atoms with E-state index < -0.39 is 0 Å². The molecule has 0 unspecified atom stereocenters. The third kappa shape index (κ3) is 8.79. The molecular weight excluding hydrogens is 733 g/mol. The van der Waals surface area contributed by atoms with Gasteiger partial charge in [0.25, 0.3) is 5.91 Å². The maximum absolute atomic E-state index is 13.0. The highest BCUT2D eigenvalue weighted by Gasteiger charge is 2.23. The summed E-state index contributed by atoms with van der Waals surface area (Å²) in [5.41, 5.74) is 19.7. The molecule has 2 aliphatic heterocycles. The Bertz CT molecular complexity index is 2530. The fourth-order valence-electron chi connectivity index (χ4n) is 7.41. The molecule has 7 aromatic rings. The molecule has 2 saturated heterocycles. The van der Waals surface area contributed by atoms with Crippen molar-refractivity contribution in [2.24, 2.45) is 5.73 Å². The summed E-state index contributed by atoms with van der Waals surface area (Å²) in [5.74, 6) is 0.590. The lowest BCUT2D eigenvalue weighted by Gasteiger charge is -2.33. The number of carbonyl (C=O) groups is 1. The van der Waals surface area contributed by atoms with Gasteiger partial charge in [-0.1, -0.05) is 42.5 Å². The number of aromatic nitrogens is 6. The van der Waals surface area contributed by atoms with Gasteiger partial charge in [-0.15, -0.1) is 0 Å². The normalized spacial score (nSPS) is 15.8. The van der Waals surface area contributed by atoms with Crippen LogP contribution >= 0.6 is 0 Å². The Morgan fingerprint density at radius 3 is 2.64 bits per heavy atom. The molecule has 7 N–H and O–H groups in total. The third-order valence-corrected chi connectivity index (χ3v) is 10.4. The van der Waals surface area contributed by atoms with Gasteiger partial charge in [0.2, 0.25) is 0 Å². The number of morpholine rings is 1. The molecule has 15 heteroatoms. The van der Waals surface area contributed by atoms with E-state index in [9.17, 15) is 10.1 Å². The number of amides is 1. The van der Waals surface area contributed by atoms with Crippen LogP contribution in [0.15, 0.2) is 97.8 Å². The lowest BCUT2D eigenvalue weighted by Crippen LogP contribution is -2.43. The van der Waals surface area contributed by atoms with Crippen LogP contribution in [0.4, 0.5) is 17.1 Å². The minimum Gasteiger partial charge on any atom is -0.492 e. The van der Waals surface area contributed by atoms with Gasteiger partial charge in [-0.05, 0) is 42.2 Å². The van der Waals surface area contributed by atoms with Crippen LogP contribution in [-0.4, -0.2) is 99.1 Å². The van der Waals surface area contributed by atoms with Crippen molar-refractivity contribution in [3.05, 3.63) is 115 Å². The smallest absolute Gasteiger partial charge is 0.258 e. The number of hydrogen-bond donors (Lipinski definition) is 5. The van der Waals surface area contributed by atoms with Crippen LogP contribution in [0.5, 0.6) is 5.75 Å². The second-order valence-electron chi connectivity index (χ2n) is 14.5. The molecule has 0 saturated carbocycles. The fourth-order valence-corrected chi connectivity index (χ4v) is 7.41. The number of nitrogens with one attached hydrogen (secondary N) is 3. The van der Waals surface area contributed by atoms with Crippen molar-refractivity contribution in [2.75, 3.05) is 68.5 Å². The highest BCUT2D eigenvalue weighted by molar-refractivity contribution is 6.08. The topological polar surface area (TPSA) is 205 Å². The Balaban J connectivity index is 0.000000206. The number of nitrogens with two attached hydrogens (primary N) is 2. The first kappa shape index (κ1) is 38.2. The number of fused-ring (bicyclic) bond motifs is 2. The number of carbonyl (C=O) groups excluding carboxylic acids is 1. The molecule has 1 amide bonds. The maximum Gasteiger partial charge on any atom is 0.258 e. The Morgan fingerprint density at radius 1 is 0.983 bits per heavy atom. The van der Waals surface area contributed by atoms with Gasteiger partial charge in [-0.25, -0.2) is 9.97 Å². The number of nitriles is 1. The number of piperidine rings is 1. The van der Waals surface area contributed by atoms with Crippen LogP contribution < -0.4 is 26.4 Å². The first-order valence-corrected chi connectivity index (χ1v) is 19.5. The summed E-state index contributed by atoms with van der Waals surface area (Å²) in [6.07, 6.45) is 12.3. The maximum atomic E-state index is 13.0. The molecule has 0 radical (unpaired) electrons. The van der Waals surface area contributed by atoms with E-state index in [-0.39, 0.29) is 11.9 Å². The fraction of sp³-hybridized carbons (Fsp3) is 0.279. The third-order valence-electron chi connectivity index (χ3n) is 10.4. The Morgan fingerprint density at radius 2 is 1.81 bits per heavy atom. The lowest BCUT2D eigenvalue weighted by atomic mass is 10.0. The van der Waals surface area contributed by atoms with Crippen molar-refractivity contribution in [1.29, 1.82) is 5.26 Å². The zero-order valence-electron chi connectivity index (χ0n) is 32.1. The van der Waals surface area contributed by atoms with Gasteiger partial charge in [-0.2, -0.15) is 10.4 Å². The number of hydrogen-bond acceptors (Lipinski definition) is 11. The van der Waals surface area contributed by atoms with E-state index >= 15 is 0 Å². The number of rotatable bonds is 10. The van der Waals surface area contributed by atoms with E-state index in [2.05, 4.69) is 46.2 Å². The summed E-state index contributed by atoms with van der Waals surface area (Å²) in [5, 5.41) is 18.3. The number of pyridine rings is 2. The van der Waals surface area contributed by atoms with Crippen molar-refractivity contribution in [2.45, 2.75) is 25.4 Å². The van der Waals surface area contributed by atoms with Crippen LogP contribution in [0, 0.1) is 11.3 Å². The molecule has 58 heavy (non-hydrogen) atoms. The van der Waals surface area contributed by atoms with E-state index in [1.807, 2.05) is 66.9 Å². The van der Waals surface area contributed by atoms with Crippen LogP contribution in [0.1, 0.15) is 34.3 Å². The van der Waals surface area contributed by atoms with Crippen molar-refractivity contribution < 1.29 is 14.3 Å². The van der Waals surface area contributed by atoms with E-state index in [1.54, 1.807) is 35.7 Å². The standard InChI is InChI=1S/C30H30N6O3.C13H16N6/c37-30(25-18-33-36(21-25)20-22-5-2-1-3-6-22)34-28-19-32-29-27(28)16-24(17-31-29)23-7-4-8-26(15-23)39-14-11-35-9-12-38-13-10-35;14-4-8-5-17-13-11(10(16)6-18-13)12(8)19-3-1-2-9(15)7-19/h1-8,15-19,21H,9-14,20H2,(H,31,32)(H,34,37);5-6,9H,1-3,7,15-16H2,(H,17,18)/t;9-/m.1/s1. The molecule has 296 valence electrons. The van der Waals surface area contributed by atoms with Crippen LogP contribution in [-0.2, 0) is 11.3 Å². The van der Waals surface area contributed by atoms with Crippen molar-refractivity contribution in [3.8, 4) is 22.9 Å². The van der Waals surface area contributed by atoms with E-state index in [0.29, 0.717) is 46.9 Å². The number of aromatic amines is 2. The summed E-state index contributed by atoms with van der Waals surface area (Å²) in [6, 6.07) is 22.4. The Kier molecular flexibility index (Phi) is 11.6. The average molecular weight is 779 g/mol. The summed E-state index contributed by atoms with van der Waals surface area (Å²) < 4.78 is 13.2. The number of H-pyrrole nitrogens is 2. The first-order chi connectivity index (χ1) is 28.4. The largest absolute Gasteiger partial charge is 0.492 e. The number of benzene rings is 2. The molecule has 1 atom stereocenters. The number of nitrogens with zero attached hydrogens (tertiary/aromatic N) is 7. The highest BCUT2D eigenvalue weighted by atomic mass is 16.5. The van der Waals surface area contributed by atoms with Gasteiger partial charge >= 0.3 is 0 Å². The molecule has 5 aromatic heterocycles. The molecular formula is C43H46N12O3. The summed E-state index contributed by atoms with van der Waals surface area (Å²) >= 11 is 0. The molecule has 15 nitrogen and oxygen atoms in total.